The van der Waals surface area contributed by atoms with Gasteiger partial charge in [-0.05, 0) is 0 Å². The Morgan fingerprint density at radius 1 is 1.79 bits per heavy atom. The summed E-state index contributed by atoms with van der Waals surface area (Å²) in [5.74, 6) is 0.620. The molecule has 1 aromatic rings. The third-order valence-electron chi connectivity index (χ3n) is 1.72. The van der Waals surface area contributed by atoms with E-state index < -0.39 is 0 Å². The van der Waals surface area contributed by atoms with E-state index in [2.05, 4.69) is 15.5 Å². The Hall–Kier alpha value is -1.10. The maximum atomic E-state index is 11.2. The molecule has 0 aromatic carbocycles. The molecule has 0 radical (unpaired) electrons. The molecule has 5 nitrogen and oxygen atoms in total. The summed E-state index contributed by atoms with van der Waals surface area (Å²) in [6.45, 7) is 2.26. The molecule has 0 saturated heterocycles. The highest BCUT2D eigenvalue weighted by molar-refractivity contribution is 6.19. The van der Waals surface area contributed by atoms with Gasteiger partial charge >= 0.3 is 0 Å². The van der Waals surface area contributed by atoms with Gasteiger partial charge in [0.2, 0.25) is 11.8 Å². The van der Waals surface area contributed by atoms with Crippen LogP contribution < -0.4 is 5.32 Å². The van der Waals surface area contributed by atoms with E-state index in [9.17, 15) is 4.79 Å². The number of amides is 1. The van der Waals surface area contributed by atoms with Crippen LogP contribution in [0.4, 0.5) is 0 Å². The predicted octanol–water partition coefficient (Wildman–Crippen LogP) is 0.603. The number of alkyl halides is 1. The van der Waals surface area contributed by atoms with Gasteiger partial charge in [-0.1, -0.05) is 12.1 Å². The van der Waals surface area contributed by atoms with Gasteiger partial charge < -0.3 is 9.84 Å². The minimum absolute atomic E-state index is 0.0560. The molecule has 0 aliphatic rings. The highest BCUT2D eigenvalue weighted by Crippen LogP contribution is 1.97. The van der Waals surface area contributed by atoms with Crippen molar-refractivity contribution in [3.05, 3.63) is 12.2 Å². The first-order valence-corrected chi connectivity index (χ1v) is 4.86. The zero-order chi connectivity index (χ0) is 10.4. The summed E-state index contributed by atoms with van der Waals surface area (Å²) in [6.07, 6.45) is 1.87. The Bertz CT molecular complexity index is 276. The van der Waals surface area contributed by atoms with E-state index in [0.29, 0.717) is 24.7 Å². The van der Waals surface area contributed by atoms with Crippen LogP contribution in [-0.2, 0) is 11.2 Å². The molecule has 1 amide bonds. The number of carbonyl (C=O) groups is 1. The number of nitrogens with one attached hydrogen (secondary N) is 1. The zero-order valence-corrected chi connectivity index (χ0v) is 8.62. The van der Waals surface area contributed by atoms with E-state index in [1.807, 2.05) is 0 Å². The van der Waals surface area contributed by atoms with Crippen molar-refractivity contribution >= 4 is 17.5 Å². The third kappa shape index (κ3) is 3.33. The normalized spacial score (nSPS) is 12.4. The summed E-state index contributed by atoms with van der Waals surface area (Å²) in [7, 11) is 0. The molecule has 14 heavy (non-hydrogen) atoms. The molecule has 0 fully saturated rings. The molecule has 0 spiro atoms. The second kappa shape index (κ2) is 5.59. The van der Waals surface area contributed by atoms with Gasteiger partial charge in [0.15, 0.2) is 6.33 Å². The molecule has 0 aliphatic carbocycles. The van der Waals surface area contributed by atoms with Crippen molar-refractivity contribution in [2.45, 2.75) is 13.3 Å². The first kappa shape index (κ1) is 11.0. The lowest BCUT2D eigenvalue weighted by atomic mass is 10.2. The first-order chi connectivity index (χ1) is 6.74. The number of rotatable bonds is 5. The molecule has 1 aromatic heterocycles. The fraction of sp³-hybridized carbons (Fsp3) is 0.625. The average Bonchev–Trinajstić information content (AvgIpc) is 2.69. The lowest BCUT2D eigenvalue weighted by molar-refractivity contribution is -0.123. The molecule has 1 N–H and O–H groups in total. The Labute approximate surface area is 86.8 Å². The largest absolute Gasteiger partial charge is 0.355 e. The van der Waals surface area contributed by atoms with Crippen molar-refractivity contribution in [2.24, 2.45) is 5.92 Å². The van der Waals surface area contributed by atoms with Crippen LogP contribution in [0, 0.1) is 5.92 Å². The predicted molar refractivity (Wildman–Crippen MR) is 50.9 cm³/mol. The lowest BCUT2D eigenvalue weighted by Crippen LogP contribution is -2.31. The van der Waals surface area contributed by atoms with Crippen molar-refractivity contribution < 1.29 is 9.32 Å². The number of hydrogen-bond acceptors (Lipinski definition) is 4. The van der Waals surface area contributed by atoms with Crippen LogP contribution in [-0.4, -0.2) is 28.5 Å². The number of nitrogens with zero attached hydrogens (tertiary/aromatic N) is 2. The third-order valence-corrected chi connectivity index (χ3v) is 2.19. The number of aromatic nitrogens is 2. The molecule has 1 rings (SSSR count). The summed E-state index contributed by atoms with van der Waals surface area (Å²) in [6, 6.07) is 0. The van der Waals surface area contributed by atoms with Crippen molar-refractivity contribution in [1.29, 1.82) is 0 Å². The van der Waals surface area contributed by atoms with E-state index in [-0.39, 0.29) is 11.8 Å². The van der Waals surface area contributed by atoms with Crippen LogP contribution in [0.1, 0.15) is 12.8 Å². The lowest BCUT2D eigenvalue weighted by Gasteiger charge is -2.07. The summed E-state index contributed by atoms with van der Waals surface area (Å²) < 4.78 is 4.76. The van der Waals surface area contributed by atoms with Gasteiger partial charge in [0.05, 0.1) is 0 Å². The molecular weight excluding hydrogens is 206 g/mol. The van der Waals surface area contributed by atoms with Gasteiger partial charge in [0.1, 0.15) is 0 Å². The van der Waals surface area contributed by atoms with Gasteiger partial charge in [0, 0.05) is 24.8 Å². The molecule has 0 saturated carbocycles. The highest BCUT2D eigenvalue weighted by Gasteiger charge is 2.10. The summed E-state index contributed by atoms with van der Waals surface area (Å²) >= 11 is 5.52. The molecule has 0 bridgehead atoms. The van der Waals surface area contributed by atoms with E-state index in [0.717, 1.165) is 0 Å². The Kier molecular flexibility index (Phi) is 4.39. The van der Waals surface area contributed by atoms with E-state index in [1.54, 1.807) is 6.92 Å². The van der Waals surface area contributed by atoms with Crippen LogP contribution in [0.15, 0.2) is 10.9 Å². The van der Waals surface area contributed by atoms with E-state index in [1.165, 1.54) is 6.33 Å². The van der Waals surface area contributed by atoms with Crippen molar-refractivity contribution in [3.8, 4) is 0 Å². The minimum Gasteiger partial charge on any atom is -0.355 e. The number of hydrogen-bond donors (Lipinski definition) is 1. The standard InChI is InChI=1S/C8H12ClN3O2/c1-6(4-9)8(13)10-3-2-7-11-5-12-14-7/h5-6H,2-4H2,1H3,(H,10,13). The maximum absolute atomic E-state index is 11.2. The zero-order valence-electron chi connectivity index (χ0n) is 7.86. The molecule has 6 heteroatoms. The van der Waals surface area contributed by atoms with Gasteiger partial charge in [-0.2, -0.15) is 4.98 Å². The van der Waals surface area contributed by atoms with E-state index in [4.69, 9.17) is 16.1 Å². The Morgan fingerprint density at radius 2 is 2.57 bits per heavy atom. The fourth-order valence-electron chi connectivity index (χ4n) is 0.843. The average molecular weight is 218 g/mol. The summed E-state index contributed by atoms with van der Waals surface area (Å²) in [5.41, 5.74) is 0. The van der Waals surface area contributed by atoms with Crippen LogP contribution in [0.3, 0.4) is 0 Å². The summed E-state index contributed by atoms with van der Waals surface area (Å²) in [4.78, 5) is 15.1. The van der Waals surface area contributed by atoms with Crippen molar-refractivity contribution in [1.82, 2.24) is 15.5 Å². The molecule has 1 atom stereocenters. The van der Waals surface area contributed by atoms with Crippen molar-refractivity contribution in [2.75, 3.05) is 12.4 Å². The molecular formula is C8H12ClN3O2. The topological polar surface area (TPSA) is 68.0 Å². The van der Waals surface area contributed by atoms with Crippen LogP contribution >= 0.6 is 11.6 Å². The van der Waals surface area contributed by atoms with Crippen molar-refractivity contribution in [3.63, 3.8) is 0 Å². The second-order valence-electron chi connectivity index (χ2n) is 2.93. The highest BCUT2D eigenvalue weighted by atomic mass is 35.5. The fourth-order valence-corrected chi connectivity index (χ4v) is 0.983. The quantitative estimate of drug-likeness (QED) is 0.734. The van der Waals surface area contributed by atoms with Gasteiger partial charge in [-0.15, -0.1) is 11.6 Å². The molecule has 1 unspecified atom stereocenters. The number of carbonyl (C=O) groups excluding carboxylic acids is 1. The van der Waals surface area contributed by atoms with Gasteiger partial charge in [0.25, 0.3) is 0 Å². The smallest absolute Gasteiger partial charge is 0.228 e. The minimum atomic E-state index is -0.167. The second-order valence-corrected chi connectivity index (χ2v) is 3.24. The van der Waals surface area contributed by atoms with Gasteiger partial charge in [-0.3, -0.25) is 4.79 Å². The Morgan fingerprint density at radius 3 is 3.14 bits per heavy atom. The van der Waals surface area contributed by atoms with Crippen LogP contribution in [0.5, 0.6) is 0 Å². The molecule has 78 valence electrons. The Balaban J connectivity index is 2.18. The summed E-state index contributed by atoms with van der Waals surface area (Å²) in [5, 5.41) is 6.17. The maximum Gasteiger partial charge on any atom is 0.228 e. The molecule has 0 aliphatic heterocycles. The van der Waals surface area contributed by atoms with E-state index >= 15 is 0 Å². The number of halogens is 1. The molecule has 1 heterocycles. The van der Waals surface area contributed by atoms with Crippen LogP contribution in [0.2, 0.25) is 0 Å². The SMILES string of the molecule is CC(CCl)C(=O)NCCc1ncno1. The van der Waals surface area contributed by atoms with Gasteiger partial charge in [-0.25, -0.2) is 0 Å². The first-order valence-electron chi connectivity index (χ1n) is 4.33. The van der Waals surface area contributed by atoms with Crippen LogP contribution in [0.25, 0.3) is 0 Å². The monoisotopic (exact) mass is 217 g/mol.